The molecule has 1 heterocycles. The Bertz CT molecular complexity index is 962. The van der Waals surface area contributed by atoms with Crippen LogP contribution in [0.1, 0.15) is 78.5 Å². The molecule has 7 heteroatoms. The molecule has 3 rings (SSSR count). The number of halogens is 2. The number of nitrogens with zero attached hydrogens (tertiary/aromatic N) is 1. The highest BCUT2D eigenvalue weighted by Gasteiger charge is 2.47. The fourth-order valence-electron chi connectivity index (χ4n) is 6.18. The molecule has 200 valence electrons. The lowest BCUT2D eigenvalue weighted by Crippen LogP contribution is -2.50. The fraction of sp³-hybridized carbons (Fsp3) is 0.586. The minimum Gasteiger partial charge on any atom is -0.543 e. The highest BCUT2D eigenvalue weighted by molar-refractivity contribution is 9.11. The lowest BCUT2D eigenvalue weighted by atomic mass is 9.83. The topological polar surface area (TPSA) is 52.9 Å². The van der Waals surface area contributed by atoms with Gasteiger partial charge in [0.15, 0.2) is 0 Å². The summed E-state index contributed by atoms with van der Waals surface area (Å²) in [5, 5.41) is 22.5. The Hall–Kier alpha value is -0.703. The van der Waals surface area contributed by atoms with E-state index in [9.17, 15) is 10.2 Å². The van der Waals surface area contributed by atoms with Crippen LogP contribution in [0.25, 0.3) is 0 Å². The number of likely N-dealkylation sites (tertiary alicyclic amines) is 1. The van der Waals surface area contributed by atoms with Crippen molar-refractivity contribution >= 4 is 40.2 Å². The van der Waals surface area contributed by atoms with Crippen LogP contribution in [0, 0.1) is 0 Å². The summed E-state index contributed by atoms with van der Waals surface area (Å²) in [4.78, 5) is 2.28. The molecule has 0 saturated carbocycles. The Morgan fingerprint density at radius 1 is 0.833 bits per heavy atom. The van der Waals surface area contributed by atoms with Crippen LogP contribution < -0.4 is 4.43 Å². The van der Waals surface area contributed by atoms with Crippen molar-refractivity contribution in [1.29, 1.82) is 0 Å². The van der Waals surface area contributed by atoms with Gasteiger partial charge in [0.05, 0.1) is 11.7 Å². The van der Waals surface area contributed by atoms with Crippen molar-refractivity contribution in [2.45, 2.75) is 95.7 Å². The second kappa shape index (κ2) is 12.0. The van der Waals surface area contributed by atoms with Gasteiger partial charge in [-0.25, -0.2) is 0 Å². The minimum absolute atomic E-state index is 0.0500. The van der Waals surface area contributed by atoms with Crippen LogP contribution >= 0.6 is 31.9 Å². The molecule has 1 aliphatic heterocycles. The van der Waals surface area contributed by atoms with Crippen molar-refractivity contribution in [2.75, 3.05) is 13.1 Å². The predicted molar refractivity (Wildman–Crippen MR) is 159 cm³/mol. The molecule has 0 amide bonds. The van der Waals surface area contributed by atoms with Gasteiger partial charge in [0.2, 0.25) is 0 Å². The normalized spacial score (nSPS) is 18.6. The molecular weight excluding hydrogens is 598 g/mol. The average Bonchev–Trinajstić information content (AvgIpc) is 2.81. The van der Waals surface area contributed by atoms with Gasteiger partial charge in [-0.3, -0.25) is 4.90 Å². The summed E-state index contributed by atoms with van der Waals surface area (Å²) >= 11 is 7.07. The number of piperidine rings is 1. The zero-order valence-electron chi connectivity index (χ0n) is 22.8. The summed E-state index contributed by atoms with van der Waals surface area (Å²) in [5.41, 5.74) is 2.51. The highest BCUT2D eigenvalue weighted by Crippen LogP contribution is 2.43. The first-order chi connectivity index (χ1) is 16.8. The molecule has 2 N–H and O–H groups in total. The summed E-state index contributed by atoms with van der Waals surface area (Å²) in [5.74, 6) is 0.907. The van der Waals surface area contributed by atoms with E-state index in [1.165, 1.54) is 0 Å². The van der Waals surface area contributed by atoms with Crippen molar-refractivity contribution in [3.05, 3.63) is 62.5 Å². The van der Waals surface area contributed by atoms with Crippen molar-refractivity contribution < 1.29 is 14.6 Å². The first-order valence-corrected chi connectivity index (χ1v) is 16.9. The third kappa shape index (κ3) is 6.29. The number of benzene rings is 2. The Morgan fingerprint density at radius 3 is 1.75 bits per heavy atom. The molecule has 0 radical (unpaired) electrons. The summed E-state index contributed by atoms with van der Waals surface area (Å²) in [7, 11) is -2.01. The Labute approximate surface area is 235 Å². The van der Waals surface area contributed by atoms with Crippen LogP contribution in [0.4, 0.5) is 0 Å². The van der Waals surface area contributed by atoms with E-state index in [2.05, 4.69) is 85.2 Å². The number of aliphatic hydroxyl groups excluding tert-OH is 1. The number of rotatable bonds is 9. The molecule has 36 heavy (non-hydrogen) atoms. The van der Waals surface area contributed by atoms with E-state index in [0.29, 0.717) is 29.5 Å². The number of hydrogen-bond acceptors (Lipinski definition) is 4. The lowest BCUT2D eigenvalue weighted by molar-refractivity contribution is -0.0502. The maximum atomic E-state index is 11.3. The molecule has 2 aromatic carbocycles. The van der Waals surface area contributed by atoms with Gasteiger partial charge in [0.1, 0.15) is 5.75 Å². The van der Waals surface area contributed by atoms with E-state index in [-0.39, 0.29) is 6.04 Å². The zero-order chi connectivity index (χ0) is 26.8. The Kier molecular flexibility index (Phi) is 9.95. The standard InChI is InChI=1S/C29H43Br2NO3Si/c1-19(2)36(20(3)4,21(5)6)35-27-10-8-23(9-11-27)28(33)22(7)32-14-12-29(34,13-15-32)24-16-25(30)18-26(31)17-24/h8-11,16-22,28,33-34H,12-15H2,1-7H3. The highest BCUT2D eigenvalue weighted by atomic mass is 79.9. The number of aliphatic hydroxyl groups is 2. The second-order valence-electron chi connectivity index (χ2n) is 11.4. The van der Waals surface area contributed by atoms with Crippen molar-refractivity contribution in [3.8, 4) is 5.75 Å². The van der Waals surface area contributed by atoms with Gasteiger partial charge in [-0.15, -0.1) is 0 Å². The molecule has 0 spiro atoms. The van der Waals surface area contributed by atoms with E-state index in [1.54, 1.807) is 0 Å². The van der Waals surface area contributed by atoms with Crippen LogP contribution in [0.15, 0.2) is 51.4 Å². The van der Waals surface area contributed by atoms with Crippen molar-refractivity contribution in [3.63, 3.8) is 0 Å². The van der Waals surface area contributed by atoms with Gasteiger partial charge >= 0.3 is 0 Å². The fourth-order valence-corrected chi connectivity index (χ4v) is 12.7. The van der Waals surface area contributed by atoms with E-state index >= 15 is 0 Å². The van der Waals surface area contributed by atoms with Gasteiger partial charge < -0.3 is 14.6 Å². The molecule has 1 aliphatic rings. The zero-order valence-corrected chi connectivity index (χ0v) is 26.9. The SMILES string of the molecule is CC(C(O)c1ccc(O[Si](C(C)C)(C(C)C)C(C)C)cc1)N1CCC(O)(c2cc(Br)cc(Br)c2)CC1. The van der Waals surface area contributed by atoms with Crippen LogP contribution in [0.2, 0.25) is 16.6 Å². The smallest absolute Gasteiger partial charge is 0.258 e. The summed E-state index contributed by atoms with van der Waals surface area (Å²) < 4.78 is 8.70. The predicted octanol–water partition coefficient (Wildman–Crippen LogP) is 8.17. The molecule has 2 aromatic rings. The molecular formula is C29H43Br2NO3Si. The van der Waals surface area contributed by atoms with E-state index < -0.39 is 20.0 Å². The maximum absolute atomic E-state index is 11.3. The van der Waals surface area contributed by atoms with Gasteiger partial charge in [-0.1, -0.05) is 85.5 Å². The Morgan fingerprint density at radius 2 is 1.31 bits per heavy atom. The van der Waals surface area contributed by atoms with Crippen LogP contribution in [0.5, 0.6) is 5.75 Å². The first-order valence-electron chi connectivity index (χ1n) is 13.2. The van der Waals surface area contributed by atoms with Gasteiger partial charge in [-0.2, -0.15) is 0 Å². The number of hydrogen-bond donors (Lipinski definition) is 2. The Balaban J connectivity index is 1.67. The van der Waals surface area contributed by atoms with Gasteiger partial charge in [0, 0.05) is 28.1 Å². The first kappa shape index (κ1) is 29.8. The maximum Gasteiger partial charge on any atom is 0.258 e. The largest absolute Gasteiger partial charge is 0.543 e. The van der Waals surface area contributed by atoms with E-state index in [0.717, 1.165) is 38.9 Å². The van der Waals surface area contributed by atoms with Gasteiger partial charge in [0.25, 0.3) is 8.32 Å². The summed E-state index contributed by atoms with van der Waals surface area (Å²) in [6.07, 6.45) is 0.658. The molecule has 0 aromatic heterocycles. The van der Waals surface area contributed by atoms with Crippen molar-refractivity contribution in [2.24, 2.45) is 0 Å². The molecule has 1 saturated heterocycles. The second-order valence-corrected chi connectivity index (χ2v) is 18.6. The molecule has 2 unspecified atom stereocenters. The van der Waals surface area contributed by atoms with Crippen molar-refractivity contribution in [1.82, 2.24) is 4.90 Å². The summed E-state index contributed by atoms with van der Waals surface area (Å²) in [6.45, 7) is 17.3. The van der Waals surface area contributed by atoms with Crippen LogP contribution in [0.3, 0.4) is 0 Å². The molecule has 1 fully saturated rings. The molecule has 4 nitrogen and oxygen atoms in total. The van der Waals surface area contributed by atoms with Crippen LogP contribution in [-0.4, -0.2) is 42.6 Å². The quantitative estimate of drug-likeness (QED) is 0.272. The van der Waals surface area contributed by atoms with E-state index in [1.807, 2.05) is 42.5 Å². The lowest BCUT2D eigenvalue weighted by Gasteiger charge is -2.42. The minimum atomic E-state index is -2.01. The van der Waals surface area contributed by atoms with E-state index in [4.69, 9.17) is 4.43 Å². The third-order valence-electron chi connectivity index (χ3n) is 8.28. The monoisotopic (exact) mass is 639 g/mol. The molecule has 0 bridgehead atoms. The molecule has 2 atom stereocenters. The van der Waals surface area contributed by atoms with Gasteiger partial charge in [-0.05, 0) is 77.8 Å². The molecule has 0 aliphatic carbocycles. The van der Waals surface area contributed by atoms with Crippen LogP contribution in [-0.2, 0) is 5.60 Å². The summed E-state index contributed by atoms with van der Waals surface area (Å²) in [6, 6.07) is 14.0. The third-order valence-corrected chi connectivity index (χ3v) is 15.2. The average molecular weight is 642 g/mol.